The molecule has 0 spiro atoms. The van der Waals surface area contributed by atoms with Crippen molar-refractivity contribution in [3.8, 4) is 5.75 Å². The number of hydrogen-bond donors (Lipinski definition) is 0. The Morgan fingerprint density at radius 1 is 0.963 bits per heavy atom. The molecule has 0 aliphatic heterocycles. The molecule has 4 rings (SSSR count). The summed E-state index contributed by atoms with van der Waals surface area (Å²) in [4.78, 5) is 0. The maximum Gasteiger partial charge on any atom is 0.119 e. The lowest BCUT2D eigenvalue weighted by Crippen LogP contribution is -2.37. The number of ether oxygens (including phenoxy) is 2. The molecule has 0 saturated heterocycles. The number of fused-ring (bicyclic) bond motifs is 2. The Bertz CT molecular complexity index is 637. The van der Waals surface area contributed by atoms with Gasteiger partial charge in [-0.2, -0.15) is 0 Å². The number of aryl methyl sites for hydroxylation is 1. The van der Waals surface area contributed by atoms with Crippen LogP contribution in [-0.4, -0.2) is 19.3 Å². The molecule has 0 heterocycles. The minimum absolute atomic E-state index is 0.488. The van der Waals surface area contributed by atoms with Gasteiger partial charge in [-0.05, 0) is 112 Å². The van der Waals surface area contributed by atoms with Gasteiger partial charge < -0.3 is 9.47 Å². The lowest BCUT2D eigenvalue weighted by atomic mass is 9.62. The molecule has 5 atom stereocenters. The quantitative estimate of drug-likeness (QED) is 0.575. The van der Waals surface area contributed by atoms with Crippen LogP contribution in [0, 0.1) is 23.7 Å². The first-order chi connectivity index (χ1) is 13.3. The fourth-order valence-corrected chi connectivity index (χ4v) is 6.08. The average Bonchev–Trinajstić information content (AvgIpc) is 2.71. The highest BCUT2D eigenvalue weighted by atomic mass is 16.5. The van der Waals surface area contributed by atoms with Gasteiger partial charge >= 0.3 is 0 Å². The van der Waals surface area contributed by atoms with Crippen molar-refractivity contribution < 1.29 is 9.47 Å². The van der Waals surface area contributed by atoms with Crippen molar-refractivity contribution in [1.29, 1.82) is 0 Å². The molecule has 2 fully saturated rings. The van der Waals surface area contributed by atoms with E-state index in [-0.39, 0.29) is 0 Å². The molecule has 3 unspecified atom stereocenters. The molecule has 0 radical (unpaired) electrons. The zero-order chi connectivity index (χ0) is 18.6. The van der Waals surface area contributed by atoms with E-state index in [9.17, 15) is 0 Å². The molecule has 2 saturated carbocycles. The topological polar surface area (TPSA) is 18.5 Å². The van der Waals surface area contributed by atoms with Crippen molar-refractivity contribution in [3.05, 3.63) is 42.0 Å². The first-order valence-corrected chi connectivity index (χ1v) is 11.2. The maximum atomic E-state index is 5.96. The minimum Gasteiger partial charge on any atom is -0.494 e. The van der Waals surface area contributed by atoms with E-state index in [2.05, 4.69) is 31.7 Å². The molecule has 0 N–H and O–H groups in total. The summed E-state index contributed by atoms with van der Waals surface area (Å²) >= 11 is 0. The van der Waals surface area contributed by atoms with Crippen LogP contribution in [0.1, 0.15) is 63.0 Å². The first-order valence-electron chi connectivity index (χ1n) is 11.2. The standard InChI is InChI=1S/C25H36O2/c1-3-13-27-25-12-10-21-15-19(6-8-23(21)17-25)18-5-7-22-16-24(26-4-2)11-9-20(22)14-18/h3,9,11,16,18-19,21,23,25H,1,4-8,10,12-15,17H2,2H3/t18?,19?,21-,23?,25-/m1/s1. The van der Waals surface area contributed by atoms with E-state index < -0.39 is 0 Å². The smallest absolute Gasteiger partial charge is 0.119 e. The molecule has 0 amide bonds. The Labute approximate surface area is 165 Å². The monoisotopic (exact) mass is 368 g/mol. The Morgan fingerprint density at radius 2 is 1.74 bits per heavy atom. The Hall–Kier alpha value is -1.28. The fourth-order valence-electron chi connectivity index (χ4n) is 6.08. The molecule has 27 heavy (non-hydrogen) atoms. The van der Waals surface area contributed by atoms with Gasteiger partial charge in [-0.25, -0.2) is 0 Å². The predicted molar refractivity (Wildman–Crippen MR) is 111 cm³/mol. The van der Waals surface area contributed by atoms with Crippen LogP contribution >= 0.6 is 0 Å². The van der Waals surface area contributed by atoms with E-state index in [4.69, 9.17) is 9.47 Å². The van der Waals surface area contributed by atoms with Crippen molar-refractivity contribution in [1.82, 2.24) is 0 Å². The van der Waals surface area contributed by atoms with E-state index in [1.807, 2.05) is 6.08 Å². The largest absolute Gasteiger partial charge is 0.494 e. The third-order valence-corrected chi connectivity index (χ3v) is 7.48. The second kappa shape index (κ2) is 8.82. The Kier molecular flexibility index (Phi) is 6.22. The van der Waals surface area contributed by atoms with Crippen LogP contribution < -0.4 is 4.74 Å². The predicted octanol–water partition coefficient (Wildman–Crippen LogP) is 5.98. The van der Waals surface area contributed by atoms with E-state index in [0.29, 0.717) is 6.10 Å². The lowest BCUT2D eigenvalue weighted by molar-refractivity contribution is -0.0137. The van der Waals surface area contributed by atoms with Crippen molar-refractivity contribution in [3.63, 3.8) is 0 Å². The highest BCUT2D eigenvalue weighted by Gasteiger charge is 2.38. The molecule has 0 aromatic heterocycles. The van der Waals surface area contributed by atoms with Gasteiger partial charge in [-0.3, -0.25) is 0 Å². The van der Waals surface area contributed by atoms with Gasteiger partial charge in [0, 0.05) is 0 Å². The highest BCUT2D eigenvalue weighted by Crippen LogP contribution is 2.47. The van der Waals surface area contributed by atoms with Gasteiger partial charge in [-0.15, -0.1) is 6.58 Å². The Balaban J connectivity index is 1.33. The summed E-state index contributed by atoms with van der Waals surface area (Å²) in [5, 5.41) is 0. The summed E-state index contributed by atoms with van der Waals surface area (Å²) in [6.45, 7) is 7.32. The van der Waals surface area contributed by atoms with E-state index in [0.717, 1.165) is 42.6 Å². The summed E-state index contributed by atoms with van der Waals surface area (Å²) in [5.41, 5.74) is 3.11. The summed E-state index contributed by atoms with van der Waals surface area (Å²) in [7, 11) is 0. The van der Waals surface area contributed by atoms with E-state index >= 15 is 0 Å². The van der Waals surface area contributed by atoms with Crippen molar-refractivity contribution in [2.45, 2.75) is 70.8 Å². The normalized spacial score (nSPS) is 33.0. The number of rotatable bonds is 6. The summed E-state index contributed by atoms with van der Waals surface area (Å²) < 4.78 is 11.7. The molecule has 0 bridgehead atoms. The van der Waals surface area contributed by atoms with Crippen LogP contribution in [0.5, 0.6) is 5.75 Å². The van der Waals surface area contributed by atoms with Gasteiger partial charge in [0.15, 0.2) is 0 Å². The second-order valence-electron chi connectivity index (χ2n) is 9.02. The van der Waals surface area contributed by atoms with Crippen molar-refractivity contribution in [2.75, 3.05) is 13.2 Å². The number of hydrogen-bond acceptors (Lipinski definition) is 2. The second-order valence-corrected chi connectivity index (χ2v) is 9.02. The first kappa shape index (κ1) is 19.1. The van der Waals surface area contributed by atoms with Crippen LogP contribution in [0.15, 0.2) is 30.9 Å². The SMILES string of the molecule is C=CCO[C@@H]1CC[C@@H]2CC(C3CCc4cc(OCC)ccc4C3)CCC2C1. The molecule has 1 aromatic carbocycles. The van der Waals surface area contributed by atoms with Crippen LogP contribution in [0.25, 0.3) is 0 Å². The van der Waals surface area contributed by atoms with Gasteiger partial charge in [0.05, 0.1) is 19.3 Å². The number of benzene rings is 1. The molecular weight excluding hydrogens is 332 g/mol. The highest BCUT2D eigenvalue weighted by molar-refractivity contribution is 5.37. The van der Waals surface area contributed by atoms with Crippen LogP contribution in [0.2, 0.25) is 0 Å². The van der Waals surface area contributed by atoms with Gasteiger partial charge in [0.1, 0.15) is 5.75 Å². The molecule has 148 valence electrons. The van der Waals surface area contributed by atoms with Crippen LogP contribution in [0.4, 0.5) is 0 Å². The van der Waals surface area contributed by atoms with Gasteiger partial charge in [0.25, 0.3) is 0 Å². The maximum absolute atomic E-state index is 5.96. The van der Waals surface area contributed by atoms with Gasteiger partial charge in [-0.1, -0.05) is 12.1 Å². The zero-order valence-electron chi connectivity index (χ0n) is 17.0. The third-order valence-electron chi connectivity index (χ3n) is 7.48. The van der Waals surface area contributed by atoms with Crippen LogP contribution in [0.3, 0.4) is 0 Å². The summed E-state index contributed by atoms with van der Waals surface area (Å²) in [6, 6.07) is 6.79. The molecule has 2 heteroatoms. The minimum atomic E-state index is 0.488. The molecular formula is C25H36O2. The average molecular weight is 369 g/mol. The fraction of sp³-hybridized carbons (Fsp3) is 0.680. The zero-order valence-corrected chi connectivity index (χ0v) is 17.0. The van der Waals surface area contributed by atoms with Gasteiger partial charge in [0.2, 0.25) is 0 Å². The van der Waals surface area contributed by atoms with Crippen molar-refractivity contribution in [2.24, 2.45) is 23.7 Å². The van der Waals surface area contributed by atoms with Crippen molar-refractivity contribution >= 4 is 0 Å². The third kappa shape index (κ3) is 4.42. The van der Waals surface area contributed by atoms with E-state index in [1.54, 1.807) is 5.56 Å². The summed E-state index contributed by atoms with van der Waals surface area (Å²) in [5.74, 6) is 4.75. The lowest BCUT2D eigenvalue weighted by Gasteiger charge is -2.44. The molecule has 3 aliphatic rings. The molecule has 3 aliphatic carbocycles. The molecule has 2 nitrogen and oxygen atoms in total. The van der Waals surface area contributed by atoms with Crippen LogP contribution in [-0.2, 0) is 17.6 Å². The Morgan fingerprint density at radius 3 is 2.56 bits per heavy atom. The summed E-state index contributed by atoms with van der Waals surface area (Å²) in [6.07, 6.45) is 14.5. The molecule has 1 aromatic rings. The van der Waals surface area contributed by atoms with E-state index in [1.165, 1.54) is 63.4 Å².